The summed E-state index contributed by atoms with van der Waals surface area (Å²) in [5, 5.41) is 3.09. The Morgan fingerprint density at radius 2 is 1.89 bits per heavy atom. The highest BCUT2D eigenvalue weighted by Crippen LogP contribution is 2.15. The molecule has 0 atom stereocenters. The molecule has 0 unspecified atom stereocenters. The second-order valence-corrected chi connectivity index (χ2v) is 6.47. The van der Waals surface area contributed by atoms with E-state index in [0.717, 1.165) is 18.2 Å². The van der Waals surface area contributed by atoms with Gasteiger partial charge in [0.25, 0.3) is 0 Å². The highest BCUT2D eigenvalue weighted by Gasteiger charge is 2.16. The number of rotatable bonds is 6. The number of benzene rings is 1. The van der Waals surface area contributed by atoms with E-state index in [9.17, 15) is 17.2 Å². The smallest absolute Gasteiger partial charge is 0.178 e. The van der Waals surface area contributed by atoms with Crippen molar-refractivity contribution in [3.05, 3.63) is 29.8 Å². The molecule has 1 aromatic rings. The molecule has 1 rings (SSSR count). The van der Waals surface area contributed by atoms with Gasteiger partial charge in [-0.05, 0) is 31.2 Å². The quantitative estimate of drug-likeness (QED) is 0.640. The molecule has 0 aliphatic rings. The van der Waals surface area contributed by atoms with Gasteiger partial charge in [0.2, 0.25) is 0 Å². The minimum absolute atomic E-state index is 0.0855. The fraction of sp³-hybridized carbons (Fsp3) is 0.500. The SMILES string of the molecule is CC(C)NCCCS(=O)(=O)c1ccc(F)c(F)c1. The predicted molar refractivity (Wildman–Crippen MR) is 66.2 cm³/mol. The first kappa shape index (κ1) is 15.0. The Morgan fingerprint density at radius 1 is 1.22 bits per heavy atom. The lowest BCUT2D eigenvalue weighted by molar-refractivity contribution is 0.504. The molecule has 0 spiro atoms. The van der Waals surface area contributed by atoms with Gasteiger partial charge < -0.3 is 5.32 Å². The molecule has 6 heteroatoms. The third-order valence-corrected chi connectivity index (χ3v) is 4.19. The van der Waals surface area contributed by atoms with Gasteiger partial charge in [0.05, 0.1) is 10.6 Å². The van der Waals surface area contributed by atoms with Crippen molar-refractivity contribution in [3.63, 3.8) is 0 Å². The first-order valence-corrected chi connectivity index (χ1v) is 7.39. The van der Waals surface area contributed by atoms with Gasteiger partial charge in [0.15, 0.2) is 21.5 Å². The molecule has 3 nitrogen and oxygen atoms in total. The van der Waals surface area contributed by atoms with Crippen molar-refractivity contribution >= 4 is 9.84 Å². The first-order valence-electron chi connectivity index (χ1n) is 5.74. The molecule has 0 saturated heterocycles. The number of halogens is 2. The molecule has 0 bridgehead atoms. The van der Waals surface area contributed by atoms with Crippen molar-refractivity contribution in [2.24, 2.45) is 0 Å². The summed E-state index contributed by atoms with van der Waals surface area (Å²) >= 11 is 0. The summed E-state index contributed by atoms with van der Waals surface area (Å²) in [5.41, 5.74) is 0. The molecule has 0 fully saturated rings. The standard InChI is InChI=1S/C12H17F2NO2S/c1-9(2)15-6-3-7-18(16,17)10-4-5-11(13)12(14)8-10/h4-5,8-9,15H,3,6-7H2,1-2H3. The van der Waals surface area contributed by atoms with Crippen LogP contribution in [0.25, 0.3) is 0 Å². The molecule has 102 valence electrons. The molecule has 0 radical (unpaired) electrons. The maximum absolute atomic E-state index is 13.0. The minimum atomic E-state index is -3.54. The lowest BCUT2D eigenvalue weighted by Gasteiger charge is -2.08. The summed E-state index contributed by atoms with van der Waals surface area (Å²) in [5.74, 6) is -2.27. The van der Waals surface area contributed by atoms with Gasteiger partial charge in [-0.1, -0.05) is 13.8 Å². The van der Waals surface area contributed by atoms with Gasteiger partial charge in [0.1, 0.15) is 0 Å². The van der Waals surface area contributed by atoms with E-state index in [0.29, 0.717) is 13.0 Å². The van der Waals surface area contributed by atoms with Crippen molar-refractivity contribution in [1.82, 2.24) is 5.32 Å². The molecule has 0 amide bonds. The Labute approximate surface area is 106 Å². The van der Waals surface area contributed by atoms with Crippen LogP contribution in [-0.2, 0) is 9.84 Å². The van der Waals surface area contributed by atoms with Crippen LogP contribution in [0, 0.1) is 11.6 Å². The van der Waals surface area contributed by atoms with Crippen molar-refractivity contribution in [3.8, 4) is 0 Å². The molecular formula is C12H17F2NO2S. The lowest BCUT2D eigenvalue weighted by Crippen LogP contribution is -2.25. The van der Waals surface area contributed by atoms with Crippen LogP contribution in [0.1, 0.15) is 20.3 Å². The summed E-state index contributed by atoms with van der Waals surface area (Å²) in [6, 6.07) is 2.93. The molecule has 1 N–H and O–H groups in total. The van der Waals surface area contributed by atoms with Gasteiger partial charge in [-0.25, -0.2) is 17.2 Å². The molecule has 0 aromatic heterocycles. The average molecular weight is 277 g/mol. The number of sulfone groups is 1. The van der Waals surface area contributed by atoms with E-state index in [4.69, 9.17) is 0 Å². The average Bonchev–Trinajstić information content (AvgIpc) is 2.28. The summed E-state index contributed by atoms with van der Waals surface area (Å²) in [6.07, 6.45) is 0.430. The van der Waals surface area contributed by atoms with Gasteiger partial charge in [-0.15, -0.1) is 0 Å². The molecule has 18 heavy (non-hydrogen) atoms. The van der Waals surface area contributed by atoms with Gasteiger partial charge in [0, 0.05) is 6.04 Å². The highest BCUT2D eigenvalue weighted by atomic mass is 32.2. The monoisotopic (exact) mass is 277 g/mol. The number of nitrogens with one attached hydrogen (secondary N) is 1. The highest BCUT2D eigenvalue weighted by molar-refractivity contribution is 7.91. The van der Waals surface area contributed by atoms with Crippen LogP contribution in [0.3, 0.4) is 0 Å². The van der Waals surface area contributed by atoms with E-state index in [-0.39, 0.29) is 16.7 Å². The van der Waals surface area contributed by atoms with E-state index in [1.54, 1.807) is 0 Å². The van der Waals surface area contributed by atoms with E-state index in [1.165, 1.54) is 0 Å². The Kier molecular flexibility index (Phi) is 5.22. The van der Waals surface area contributed by atoms with Crippen LogP contribution in [0.4, 0.5) is 8.78 Å². The van der Waals surface area contributed by atoms with Crippen LogP contribution < -0.4 is 5.32 Å². The van der Waals surface area contributed by atoms with E-state index in [2.05, 4.69) is 5.32 Å². The fourth-order valence-corrected chi connectivity index (χ4v) is 2.76. The Bertz CT molecular complexity index is 501. The van der Waals surface area contributed by atoms with Crippen LogP contribution >= 0.6 is 0 Å². The summed E-state index contributed by atoms with van der Waals surface area (Å²) in [7, 11) is -3.54. The van der Waals surface area contributed by atoms with Crippen LogP contribution in [-0.4, -0.2) is 26.8 Å². The van der Waals surface area contributed by atoms with Gasteiger partial charge >= 0.3 is 0 Å². The Balaban J connectivity index is 2.66. The fourth-order valence-electron chi connectivity index (χ4n) is 1.44. The van der Waals surface area contributed by atoms with Crippen LogP contribution in [0.15, 0.2) is 23.1 Å². The molecule has 0 heterocycles. The van der Waals surface area contributed by atoms with Crippen molar-refractivity contribution in [2.45, 2.75) is 31.2 Å². The second-order valence-electron chi connectivity index (χ2n) is 4.36. The molecule has 0 aliphatic carbocycles. The molecular weight excluding hydrogens is 260 g/mol. The lowest BCUT2D eigenvalue weighted by atomic mass is 10.3. The van der Waals surface area contributed by atoms with Gasteiger partial charge in [-0.3, -0.25) is 0 Å². The Morgan fingerprint density at radius 3 is 2.44 bits per heavy atom. The van der Waals surface area contributed by atoms with Crippen molar-refractivity contribution in [1.29, 1.82) is 0 Å². The number of hydrogen-bond donors (Lipinski definition) is 1. The second kappa shape index (κ2) is 6.24. The Hall–Kier alpha value is -1.01. The number of hydrogen-bond acceptors (Lipinski definition) is 3. The third kappa shape index (κ3) is 4.34. The maximum Gasteiger partial charge on any atom is 0.178 e. The van der Waals surface area contributed by atoms with E-state index < -0.39 is 21.5 Å². The zero-order valence-corrected chi connectivity index (χ0v) is 11.2. The largest absolute Gasteiger partial charge is 0.314 e. The van der Waals surface area contributed by atoms with E-state index >= 15 is 0 Å². The topological polar surface area (TPSA) is 46.2 Å². The zero-order valence-electron chi connectivity index (χ0n) is 10.4. The summed E-state index contributed by atoms with van der Waals surface area (Å²) < 4.78 is 49.3. The van der Waals surface area contributed by atoms with Gasteiger partial charge in [-0.2, -0.15) is 0 Å². The maximum atomic E-state index is 13.0. The minimum Gasteiger partial charge on any atom is -0.314 e. The van der Waals surface area contributed by atoms with E-state index in [1.807, 2.05) is 13.8 Å². The van der Waals surface area contributed by atoms with Crippen LogP contribution in [0.5, 0.6) is 0 Å². The van der Waals surface area contributed by atoms with Crippen molar-refractivity contribution in [2.75, 3.05) is 12.3 Å². The first-order chi connectivity index (χ1) is 8.33. The summed E-state index contributed by atoms with van der Waals surface area (Å²) in [6.45, 7) is 4.49. The summed E-state index contributed by atoms with van der Waals surface area (Å²) in [4.78, 5) is -0.175. The molecule has 1 aromatic carbocycles. The molecule has 0 saturated carbocycles. The predicted octanol–water partition coefficient (Wildman–Crippen LogP) is 2.13. The molecule has 0 aliphatic heterocycles. The van der Waals surface area contributed by atoms with Crippen molar-refractivity contribution < 1.29 is 17.2 Å². The van der Waals surface area contributed by atoms with Crippen LogP contribution in [0.2, 0.25) is 0 Å². The normalized spacial score (nSPS) is 12.1. The third-order valence-electron chi connectivity index (χ3n) is 2.39. The zero-order chi connectivity index (χ0) is 13.8.